The molecule has 5 rings (SSSR count). The molecule has 1 saturated heterocycles. The summed E-state index contributed by atoms with van der Waals surface area (Å²) >= 11 is 0. The van der Waals surface area contributed by atoms with Crippen LogP contribution in [0.2, 0.25) is 0 Å². The minimum atomic E-state index is 0.416. The molecule has 0 amide bonds. The highest BCUT2D eigenvalue weighted by molar-refractivity contribution is 5.81. The number of benzene rings is 1. The zero-order valence-corrected chi connectivity index (χ0v) is 19.0. The van der Waals surface area contributed by atoms with Crippen LogP contribution in [0.5, 0.6) is 5.88 Å². The first-order valence-electron chi connectivity index (χ1n) is 10.7. The molecule has 0 spiro atoms. The van der Waals surface area contributed by atoms with Crippen LogP contribution >= 0.6 is 0 Å². The van der Waals surface area contributed by atoms with Crippen LogP contribution in [0.4, 0.5) is 5.95 Å². The summed E-state index contributed by atoms with van der Waals surface area (Å²) in [6, 6.07) is 9.38. The lowest BCUT2D eigenvalue weighted by atomic mass is 10.0. The average Bonchev–Trinajstić information content (AvgIpc) is 3.59. The van der Waals surface area contributed by atoms with Crippen LogP contribution in [0.1, 0.15) is 18.4 Å². The van der Waals surface area contributed by atoms with Gasteiger partial charge in [-0.15, -0.1) is 0 Å². The van der Waals surface area contributed by atoms with Gasteiger partial charge in [0.1, 0.15) is 0 Å². The number of hydrogen-bond acceptors (Lipinski definition) is 8. The third kappa shape index (κ3) is 4.76. The lowest BCUT2D eigenvalue weighted by Gasteiger charge is -2.15. The van der Waals surface area contributed by atoms with Crippen molar-refractivity contribution in [2.75, 3.05) is 39.2 Å². The summed E-state index contributed by atoms with van der Waals surface area (Å²) in [4.78, 5) is 19.8. The molecule has 0 unspecified atom stereocenters. The summed E-state index contributed by atoms with van der Waals surface area (Å²) in [5, 5.41) is 12.3. The van der Waals surface area contributed by atoms with Gasteiger partial charge in [-0.3, -0.25) is 4.40 Å². The summed E-state index contributed by atoms with van der Waals surface area (Å²) in [6.07, 6.45) is 9.85. The van der Waals surface area contributed by atoms with E-state index >= 15 is 0 Å². The van der Waals surface area contributed by atoms with Crippen LogP contribution in [0, 0.1) is 11.3 Å². The normalized spacial score (nSPS) is 12.7. The fourth-order valence-corrected chi connectivity index (χ4v) is 3.58. The van der Waals surface area contributed by atoms with Crippen molar-refractivity contribution in [3.63, 3.8) is 0 Å². The largest absolute Gasteiger partial charge is 0.478 e. The van der Waals surface area contributed by atoms with Crippen molar-refractivity contribution in [1.29, 1.82) is 5.26 Å². The van der Waals surface area contributed by atoms with E-state index in [0.29, 0.717) is 28.7 Å². The summed E-state index contributed by atoms with van der Waals surface area (Å²) < 4.78 is 7.36. The lowest BCUT2D eigenvalue weighted by Crippen LogP contribution is -2.12. The van der Waals surface area contributed by atoms with Crippen molar-refractivity contribution >= 4 is 11.6 Å². The summed E-state index contributed by atoms with van der Waals surface area (Å²) in [7, 11) is 5.34. The van der Waals surface area contributed by atoms with E-state index in [1.807, 2.05) is 41.7 Å². The Morgan fingerprint density at radius 1 is 1.03 bits per heavy atom. The zero-order chi connectivity index (χ0) is 23.2. The van der Waals surface area contributed by atoms with E-state index in [2.05, 4.69) is 26.3 Å². The molecule has 33 heavy (non-hydrogen) atoms. The maximum absolute atomic E-state index is 9.08. The SMILES string of the molecule is C1CCNC1.COc1nc(-c2ccc(C#N)cc2)c(-c2cnc(N(C)C)nc2)n2ccnc12. The Balaban J connectivity index is 0.000000459. The number of nitriles is 1. The van der Waals surface area contributed by atoms with Crippen molar-refractivity contribution in [3.05, 3.63) is 54.6 Å². The van der Waals surface area contributed by atoms with Crippen molar-refractivity contribution in [2.45, 2.75) is 12.8 Å². The van der Waals surface area contributed by atoms with E-state index < -0.39 is 0 Å². The van der Waals surface area contributed by atoms with E-state index in [1.54, 1.807) is 37.8 Å². The predicted octanol–water partition coefficient (Wildman–Crippen LogP) is 3.17. The van der Waals surface area contributed by atoms with Crippen LogP contribution < -0.4 is 15.0 Å². The van der Waals surface area contributed by atoms with Gasteiger partial charge in [0.05, 0.1) is 30.1 Å². The second-order valence-corrected chi connectivity index (χ2v) is 7.75. The van der Waals surface area contributed by atoms with Gasteiger partial charge in [-0.2, -0.15) is 5.26 Å². The van der Waals surface area contributed by atoms with Crippen LogP contribution in [-0.2, 0) is 0 Å². The second-order valence-electron chi connectivity index (χ2n) is 7.75. The predicted molar refractivity (Wildman–Crippen MR) is 127 cm³/mol. The highest BCUT2D eigenvalue weighted by Crippen LogP contribution is 2.34. The molecule has 1 aliphatic heterocycles. The lowest BCUT2D eigenvalue weighted by molar-refractivity contribution is 0.401. The van der Waals surface area contributed by atoms with Gasteiger partial charge in [0.15, 0.2) is 0 Å². The monoisotopic (exact) mass is 442 g/mol. The van der Waals surface area contributed by atoms with Gasteiger partial charge in [0.2, 0.25) is 11.6 Å². The quantitative estimate of drug-likeness (QED) is 0.514. The molecule has 1 N–H and O–H groups in total. The number of rotatable bonds is 4. The Labute approximate surface area is 192 Å². The topological polar surface area (TPSA) is 104 Å². The Kier molecular flexibility index (Phi) is 6.76. The van der Waals surface area contributed by atoms with Crippen LogP contribution in [0.15, 0.2) is 49.1 Å². The highest BCUT2D eigenvalue weighted by Gasteiger charge is 2.19. The molecule has 0 atom stereocenters. The minimum absolute atomic E-state index is 0.416. The Bertz CT molecular complexity index is 1250. The Morgan fingerprint density at radius 2 is 1.73 bits per heavy atom. The Morgan fingerprint density at radius 3 is 2.27 bits per heavy atom. The molecule has 1 fully saturated rings. The smallest absolute Gasteiger partial charge is 0.258 e. The van der Waals surface area contributed by atoms with E-state index in [1.165, 1.54) is 25.9 Å². The summed E-state index contributed by atoms with van der Waals surface area (Å²) in [5.74, 6) is 1.03. The first kappa shape index (κ1) is 22.2. The third-order valence-electron chi connectivity index (χ3n) is 5.26. The van der Waals surface area contributed by atoms with Crippen LogP contribution in [0.3, 0.4) is 0 Å². The molecular weight excluding hydrogens is 416 g/mol. The van der Waals surface area contributed by atoms with Gasteiger partial charge >= 0.3 is 0 Å². The standard InChI is InChI=1S/C20H17N7O.C4H9N/c1-26(2)20-23-11-15(12-24-20)17-16(14-6-4-13(10-21)5-7-14)25-19(28-3)18-22-8-9-27(17)18;1-2-4-5-3-1/h4-9,11-12H,1-3H3;5H,1-4H2. The second kappa shape index (κ2) is 10.1. The average molecular weight is 443 g/mol. The first-order chi connectivity index (χ1) is 16.1. The highest BCUT2D eigenvalue weighted by atomic mass is 16.5. The van der Waals surface area contributed by atoms with Crippen molar-refractivity contribution in [3.8, 4) is 34.5 Å². The minimum Gasteiger partial charge on any atom is -0.478 e. The van der Waals surface area contributed by atoms with Gasteiger partial charge in [-0.05, 0) is 38.1 Å². The number of methoxy groups -OCH3 is 1. The first-order valence-corrected chi connectivity index (χ1v) is 10.7. The molecule has 9 heteroatoms. The number of hydrogen-bond donors (Lipinski definition) is 1. The third-order valence-corrected chi connectivity index (χ3v) is 5.26. The number of aromatic nitrogens is 5. The van der Waals surface area contributed by atoms with Crippen molar-refractivity contribution in [1.82, 2.24) is 29.7 Å². The van der Waals surface area contributed by atoms with Gasteiger partial charge in [0, 0.05) is 50.0 Å². The molecule has 0 bridgehead atoms. The fourth-order valence-electron chi connectivity index (χ4n) is 3.58. The Hall–Kier alpha value is -4.03. The van der Waals surface area contributed by atoms with E-state index in [0.717, 1.165) is 16.8 Å². The molecule has 0 aliphatic carbocycles. The summed E-state index contributed by atoms with van der Waals surface area (Å²) in [5.41, 5.74) is 4.31. The van der Waals surface area contributed by atoms with E-state index in [4.69, 9.17) is 15.0 Å². The number of nitrogens with one attached hydrogen (secondary N) is 1. The molecule has 3 aromatic heterocycles. The number of ether oxygens (including phenoxy) is 1. The molecule has 168 valence electrons. The van der Waals surface area contributed by atoms with E-state index in [9.17, 15) is 0 Å². The molecule has 1 aromatic carbocycles. The molecule has 4 aromatic rings. The van der Waals surface area contributed by atoms with Crippen LogP contribution in [-0.4, -0.2) is 58.6 Å². The molecule has 1 aliphatic rings. The molecular formula is C24H26N8O. The molecule has 9 nitrogen and oxygen atoms in total. The number of anilines is 1. The number of nitrogens with zero attached hydrogens (tertiary/aromatic N) is 7. The molecule has 0 radical (unpaired) electrons. The maximum atomic E-state index is 9.08. The van der Waals surface area contributed by atoms with Gasteiger partial charge in [-0.1, -0.05) is 12.1 Å². The van der Waals surface area contributed by atoms with Crippen LogP contribution in [0.25, 0.3) is 28.2 Å². The van der Waals surface area contributed by atoms with Gasteiger partial charge in [-0.25, -0.2) is 19.9 Å². The molecule has 4 heterocycles. The van der Waals surface area contributed by atoms with Crippen molar-refractivity contribution < 1.29 is 4.74 Å². The fraction of sp³-hybridized carbons (Fsp3) is 0.292. The van der Waals surface area contributed by atoms with Gasteiger partial charge in [0.25, 0.3) is 5.88 Å². The zero-order valence-electron chi connectivity index (χ0n) is 19.0. The number of imidazole rings is 1. The number of fused-ring (bicyclic) bond motifs is 1. The van der Waals surface area contributed by atoms with Crippen molar-refractivity contribution in [2.24, 2.45) is 0 Å². The van der Waals surface area contributed by atoms with E-state index in [-0.39, 0.29) is 0 Å². The maximum Gasteiger partial charge on any atom is 0.258 e. The molecule has 0 saturated carbocycles. The van der Waals surface area contributed by atoms with Gasteiger partial charge < -0.3 is 15.0 Å². The summed E-state index contributed by atoms with van der Waals surface area (Å²) in [6.45, 7) is 2.50.